The van der Waals surface area contributed by atoms with Crippen LogP contribution in [0.2, 0.25) is 0 Å². The second kappa shape index (κ2) is 3.71. The standard InChI is InChI=1S/C7H11NO2/c1-5(4-6(2)8)7(9)10-3/h4H,1,8H2,2-3H3/b6-4+. The molecular formula is C7H11NO2. The maximum atomic E-state index is 10.6. The van der Waals surface area contributed by atoms with E-state index in [2.05, 4.69) is 11.3 Å². The molecule has 2 N–H and O–H groups in total. The molecule has 0 atom stereocenters. The highest BCUT2D eigenvalue weighted by Crippen LogP contribution is 1.96. The van der Waals surface area contributed by atoms with Crippen LogP contribution in [-0.4, -0.2) is 13.1 Å². The Kier molecular flexibility index (Phi) is 3.25. The van der Waals surface area contributed by atoms with Crippen molar-refractivity contribution >= 4 is 5.97 Å². The highest BCUT2D eigenvalue weighted by Gasteiger charge is 2.01. The van der Waals surface area contributed by atoms with Crippen molar-refractivity contribution in [1.29, 1.82) is 0 Å². The third kappa shape index (κ3) is 2.91. The molecule has 0 saturated heterocycles. The Balaban J connectivity index is 4.11. The van der Waals surface area contributed by atoms with E-state index >= 15 is 0 Å². The van der Waals surface area contributed by atoms with Crippen molar-refractivity contribution in [2.24, 2.45) is 5.73 Å². The molecule has 0 aliphatic heterocycles. The summed E-state index contributed by atoms with van der Waals surface area (Å²) in [6.45, 7) is 5.11. The molecule has 0 saturated carbocycles. The zero-order valence-corrected chi connectivity index (χ0v) is 6.18. The molecule has 0 aromatic carbocycles. The van der Waals surface area contributed by atoms with Gasteiger partial charge in [-0.25, -0.2) is 4.79 Å². The lowest BCUT2D eigenvalue weighted by atomic mass is 10.2. The Morgan fingerprint density at radius 3 is 2.50 bits per heavy atom. The molecule has 0 aliphatic rings. The lowest BCUT2D eigenvalue weighted by molar-refractivity contribution is -0.135. The number of carbonyl (C=O) groups is 1. The second-order valence-electron chi connectivity index (χ2n) is 1.91. The average Bonchev–Trinajstić information content (AvgIpc) is 1.85. The first-order valence-corrected chi connectivity index (χ1v) is 2.79. The lowest BCUT2D eigenvalue weighted by Gasteiger charge is -1.96. The first-order chi connectivity index (χ1) is 4.57. The number of rotatable bonds is 2. The molecule has 10 heavy (non-hydrogen) atoms. The third-order valence-corrected chi connectivity index (χ3v) is 0.849. The highest BCUT2D eigenvalue weighted by molar-refractivity contribution is 5.90. The van der Waals surface area contributed by atoms with Crippen molar-refractivity contribution in [2.45, 2.75) is 6.92 Å². The van der Waals surface area contributed by atoms with E-state index in [9.17, 15) is 4.79 Å². The number of nitrogens with two attached hydrogens (primary N) is 1. The van der Waals surface area contributed by atoms with Crippen LogP contribution in [0.5, 0.6) is 0 Å². The first-order valence-electron chi connectivity index (χ1n) is 2.79. The Morgan fingerprint density at radius 2 is 2.20 bits per heavy atom. The highest BCUT2D eigenvalue weighted by atomic mass is 16.5. The largest absolute Gasteiger partial charge is 0.465 e. The van der Waals surface area contributed by atoms with Gasteiger partial charge in [-0.3, -0.25) is 0 Å². The van der Waals surface area contributed by atoms with Crippen LogP contribution in [0, 0.1) is 0 Å². The van der Waals surface area contributed by atoms with Gasteiger partial charge in [0, 0.05) is 5.70 Å². The maximum absolute atomic E-state index is 10.6. The monoisotopic (exact) mass is 141 g/mol. The summed E-state index contributed by atoms with van der Waals surface area (Å²) in [5.41, 5.74) is 6.08. The van der Waals surface area contributed by atoms with Crippen LogP contribution < -0.4 is 5.73 Å². The topological polar surface area (TPSA) is 52.3 Å². The van der Waals surface area contributed by atoms with Gasteiger partial charge in [-0.05, 0) is 13.0 Å². The van der Waals surface area contributed by atoms with Gasteiger partial charge in [0.2, 0.25) is 0 Å². The predicted octanol–water partition coefficient (Wildman–Crippen LogP) is 0.578. The van der Waals surface area contributed by atoms with Gasteiger partial charge in [-0.1, -0.05) is 6.58 Å². The summed E-state index contributed by atoms with van der Waals surface area (Å²) in [7, 11) is 1.30. The average molecular weight is 141 g/mol. The minimum absolute atomic E-state index is 0.266. The summed E-state index contributed by atoms with van der Waals surface area (Å²) in [5.74, 6) is -0.454. The van der Waals surface area contributed by atoms with Crippen molar-refractivity contribution in [2.75, 3.05) is 7.11 Å². The molecule has 0 heterocycles. The van der Waals surface area contributed by atoms with E-state index in [-0.39, 0.29) is 5.57 Å². The Morgan fingerprint density at radius 1 is 1.70 bits per heavy atom. The Bertz CT molecular complexity index is 178. The summed E-state index contributed by atoms with van der Waals surface area (Å²) < 4.78 is 4.37. The minimum Gasteiger partial charge on any atom is -0.465 e. The molecule has 0 radical (unpaired) electrons. The van der Waals surface area contributed by atoms with Crippen LogP contribution in [0.25, 0.3) is 0 Å². The minimum atomic E-state index is -0.454. The zero-order chi connectivity index (χ0) is 8.15. The lowest BCUT2D eigenvalue weighted by Crippen LogP contribution is -2.03. The molecule has 0 spiro atoms. The van der Waals surface area contributed by atoms with Gasteiger partial charge >= 0.3 is 5.97 Å². The summed E-state index contributed by atoms with van der Waals surface area (Å²) in [6, 6.07) is 0. The molecule has 3 nitrogen and oxygen atoms in total. The van der Waals surface area contributed by atoms with Gasteiger partial charge in [-0.2, -0.15) is 0 Å². The number of esters is 1. The van der Waals surface area contributed by atoms with Crippen molar-refractivity contribution < 1.29 is 9.53 Å². The number of allylic oxidation sites excluding steroid dienone is 1. The molecule has 0 aromatic heterocycles. The van der Waals surface area contributed by atoms with E-state index in [1.165, 1.54) is 13.2 Å². The van der Waals surface area contributed by atoms with Crippen LogP contribution in [0.1, 0.15) is 6.92 Å². The number of methoxy groups -OCH3 is 1. The van der Waals surface area contributed by atoms with Crippen molar-refractivity contribution in [1.82, 2.24) is 0 Å². The SMILES string of the molecule is C=C(/C=C(\C)N)C(=O)OC. The van der Waals surface area contributed by atoms with Crippen molar-refractivity contribution in [3.05, 3.63) is 23.9 Å². The molecule has 0 aliphatic carbocycles. The predicted molar refractivity (Wildman–Crippen MR) is 39.1 cm³/mol. The van der Waals surface area contributed by atoms with Crippen LogP contribution >= 0.6 is 0 Å². The van der Waals surface area contributed by atoms with Gasteiger partial charge < -0.3 is 10.5 Å². The smallest absolute Gasteiger partial charge is 0.337 e. The third-order valence-electron chi connectivity index (χ3n) is 0.849. The van der Waals surface area contributed by atoms with Gasteiger partial charge in [0.15, 0.2) is 0 Å². The van der Waals surface area contributed by atoms with E-state index in [0.717, 1.165) is 0 Å². The van der Waals surface area contributed by atoms with Crippen LogP contribution in [0.4, 0.5) is 0 Å². The summed E-state index contributed by atoms with van der Waals surface area (Å²) in [4.78, 5) is 10.6. The Labute approximate surface area is 60.2 Å². The molecule has 0 unspecified atom stereocenters. The van der Waals surface area contributed by atoms with Gasteiger partial charge in [-0.15, -0.1) is 0 Å². The summed E-state index contributed by atoms with van der Waals surface area (Å²) >= 11 is 0. The molecule has 0 aromatic rings. The second-order valence-corrected chi connectivity index (χ2v) is 1.91. The fourth-order valence-corrected chi connectivity index (χ4v) is 0.465. The molecule has 0 fully saturated rings. The van der Waals surface area contributed by atoms with Crippen LogP contribution in [-0.2, 0) is 9.53 Å². The summed E-state index contributed by atoms with van der Waals surface area (Å²) in [5, 5.41) is 0. The van der Waals surface area contributed by atoms with E-state index in [1.807, 2.05) is 0 Å². The van der Waals surface area contributed by atoms with Crippen LogP contribution in [0.3, 0.4) is 0 Å². The van der Waals surface area contributed by atoms with Gasteiger partial charge in [0.05, 0.1) is 12.7 Å². The first kappa shape index (κ1) is 8.75. The fourth-order valence-electron chi connectivity index (χ4n) is 0.465. The van der Waals surface area contributed by atoms with Gasteiger partial charge in [0.1, 0.15) is 0 Å². The number of hydrogen-bond acceptors (Lipinski definition) is 3. The van der Waals surface area contributed by atoms with E-state index in [0.29, 0.717) is 5.70 Å². The molecule has 0 bridgehead atoms. The van der Waals surface area contributed by atoms with E-state index < -0.39 is 5.97 Å². The maximum Gasteiger partial charge on any atom is 0.337 e. The fraction of sp³-hybridized carbons (Fsp3) is 0.286. The zero-order valence-electron chi connectivity index (χ0n) is 6.18. The molecular weight excluding hydrogens is 130 g/mol. The molecule has 3 heteroatoms. The molecule has 0 rings (SSSR count). The Hall–Kier alpha value is -1.25. The van der Waals surface area contributed by atoms with Gasteiger partial charge in [0.25, 0.3) is 0 Å². The molecule has 0 amide bonds. The van der Waals surface area contributed by atoms with Crippen molar-refractivity contribution in [3.8, 4) is 0 Å². The van der Waals surface area contributed by atoms with E-state index in [1.54, 1.807) is 6.92 Å². The van der Waals surface area contributed by atoms with Crippen LogP contribution in [0.15, 0.2) is 23.9 Å². The molecule has 56 valence electrons. The number of carbonyl (C=O) groups excluding carboxylic acids is 1. The number of hydrogen-bond donors (Lipinski definition) is 1. The quantitative estimate of drug-likeness (QED) is 0.347. The normalized spacial score (nSPS) is 10.8. The number of ether oxygens (including phenoxy) is 1. The van der Waals surface area contributed by atoms with E-state index in [4.69, 9.17) is 5.73 Å². The van der Waals surface area contributed by atoms with Crippen molar-refractivity contribution in [3.63, 3.8) is 0 Å². The summed E-state index contributed by atoms with van der Waals surface area (Å²) in [6.07, 6.45) is 1.46.